The zero-order chi connectivity index (χ0) is 15.4. The largest absolute Gasteiger partial charge is 0.384 e. The maximum atomic E-state index is 12.8. The quantitative estimate of drug-likeness (QED) is 0.873. The predicted molar refractivity (Wildman–Crippen MR) is 86.9 cm³/mol. The summed E-state index contributed by atoms with van der Waals surface area (Å²) in [7, 11) is 1.68. The predicted octanol–water partition coefficient (Wildman–Crippen LogP) is 1.85. The number of aryl methyl sites for hydroxylation is 1. The number of ether oxygens (including phenoxy) is 1. The molecular formula is C18H26N2O2. The van der Waals surface area contributed by atoms with Crippen molar-refractivity contribution in [3.8, 4) is 0 Å². The third-order valence-electron chi connectivity index (χ3n) is 5.23. The minimum atomic E-state index is -0.349. The SMILES string of the molecule is COCC1(C(=O)NCC2CCc3ccccc32)CCNCC1. The molecule has 1 atom stereocenters. The Kier molecular flexibility index (Phi) is 4.79. The molecule has 0 spiro atoms. The Balaban J connectivity index is 1.62. The normalized spacial score (nSPS) is 23.0. The molecule has 120 valence electrons. The summed E-state index contributed by atoms with van der Waals surface area (Å²) in [5, 5.41) is 6.54. The number of benzene rings is 1. The van der Waals surface area contributed by atoms with Gasteiger partial charge in [-0.05, 0) is 49.9 Å². The first-order valence-corrected chi connectivity index (χ1v) is 8.31. The van der Waals surface area contributed by atoms with E-state index in [0.29, 0.717) is 12.5 Å². The van der Waals surface area contributed by atoms with Crippen LogP contribution in [0.15, 0.2) is 24.3 Å². The number of amides is 1. The van der Waals surface area contributed by atoms with E-state index in [-0.39, 0.29) is 11.3 Å². The van der Waals surface area contributed by atoms with Gasteiger partial charge in [0.25, 0.3) is 0 Å². The second-order valence-corrected chi connectivity index (χ2v) is 6.61. The molecule has 0 radical (unpaired) electrons. The summed E-state index contributed by atoms with van der Waals surface area (Å²) in [4.78, 5) is 12.8. The Bertz CT molecular complexity index is 518. The van der Waals surface area contributed by atoms with Crippen molar-refractivity contribution in [2.75, 3.05) is 33.4 Å². The average Bonchev–Trinajstić information content (AvgIpc) is 2.97. The molecule has 4 nitrogen and oxygen atoms in total. The molecule has 2 N–H and O–H groups in total. The van der Waals surface area contributed by atoms with E-state index in [1.807, 2.05) is 0 Å². The molecule has 1 aromatic carbocycles. The van der Waals surface area contributed by atoms with E-state index in [2.05, 4.69) is 34.9 Å². The molecule has 3 rings (SSSR count). The Morgan fingerprint density at radius 3 is 2.91 bits per heavy atom. The first-order valence-electron chi connectivity index (χ1n) is 8.31. The number of rotatable bonds is 5. The van der Waals surface area contributed by atoms with E-state index in [1.54, 1.807) is 7.11 Å². The second-order valence-electron chi connectivity index (χ2n) is 6.61. The number of hydrogen-bond acceptors (Lipinski definition) is 3. The molecule has 4 heteroatoms. The molecule has 1 amide bonds. The molecule has 2 aliphatic rings. The van der Waals surface area contributed by atoms with Crippen molar-refractivity contribution in [2.45, 2.75) is 31.6 Å². The number of carbonyl (C=O) groups excluding carboxylic acids is 1. The Morgan fingerprint density at radius 1 is 1.36 bits per heavy atom. The van der Waals surface area contributed by atoms with Gasteiger partial charge < -0.3 is 15.4 Å². The van der Waals surface area contributed by atoms with Crippen LogP contribution in [0.3, 0.4) is 0 Å². The summed E-state index contributed by atoms with van der Waals surface area (Å²) < 4.78 is 5.35. The molecule has 1 aliphatic carbocycles. The van der Waals surface area contributed by atoms with Gasteiger partial charge >= 0.3 is 0 Å². The van der Waals surface area contributed by atoms with Gasteiger partial charge in [0.05, 0.1) is 12.0 Å². The van der Waals surface area contributed by atoms with Gasteiger partial charge in [0.15, 0.2) is 0 Å². The maximum Gasteiger partial charge on any atom is 0.228 e. The molecule has 1 heterocycles. The van der Waals surface area contributed by atoms with Crippen molar-refractivity contribution in [3.05, 3.63) is 35.4 Å². The van der Waals surface area contributed by atoms with Crippen molar-refractivity contribution in [1.82, 2.24) is 10.6 Å². The summed E-state index contributed by atoms with van der Waals surface area (Å²) in [5.41, 5.74) is 2.50. The highest BCUT2D eigenvalue weighted by Crippen LogP contribution is 2.33. The van der Waals surface area contributed by atoms with Crippen LogP contribution in [0.5, 0.6) is 0 Å². The van der Waals surface area contributed by atoms with E-state index >= 15 is 0 Å². The number of piperidine rings is 1. The summed E-state index contributed by atoms with van der Waals surface area (Å²) in [6.07, 6.45) is 3.98. The van der Waals surface area contributed by atoms with Crippen LogP contribution in [-0.2, 0) is 16.0 Å². The summed E-state index contributed by atoms with van der Waals surface area (Å²) in [5.74, 6) is 0.627. The van der Waals surface area contributed by atoms with E-state index < -0.39 is 0 Å². The summed E-state index contributed by atoms with van der Waals surface area (Å²) >= 11 is 0. The lowest BCUT2D eigenvalue weighted by Crippen LogP contribution is -2.50. The molecular weight excluding hydrogens is 276 g/mol. The smallest absolute Gasteiger partial charge is 0.228 e. The first-order chi connectivity index (χ1) is 10.7. The Morgan fingerprint density at radius 2 is 2.14 bits per heavy atom. The van der Waals surface area contributed by atoms with Crippen LogP contribution in [0.25, 0.3) is 0 Å². The van der Waals surface area contributed by atoms with E-state index in [4.69, 9.17) is 4.74 Å². The van der Waals surface area contributed by atoms with Crippen molar-refractivity contribution < 1.29 is 9.53 Å². The lowest BCUT2D eigenvalue weighted by Gasteiger charge is -2.35. The van der Waals surface area contributed by atoms with E-state index in [9.17, 15) is 4.79 Å². The topological polar surface area (TPSA) is 50.4 Å². The lowest BCUT2D eigenvalue weighted by atomic mass is 9.78. The fraction of sp³-hybridized carbons (Fsp3) is 0.611. The zero-order valence-electron chi connectivity index (χ0n) is 13.4. The molecule has 0 saturated carbocycles. The van der Waals surface area contributed by atoms with Gasteiger partial charge in [-0.25, -0.2) is 0 Å². The van der Waals surface area contributed by atoms with Crippen molar-refractivity contribution >= 4 is 5.91 Å². The Labute approximate surface area is 132 Å². The Hall–Kier alpha value is -1.39. The first kappa shape index (κ1) is 15.5. The number of nitrogens with one attached hydrogen (secondary N) is 2. The summed E-state index contributed by atoms with van der Waals surface area (Å²) in [6, 6.07) is 8.60. The molecule has 1 aliphatic heterocycles. The van der Waals surface area contributed by atoms with Crippen molar-refractivity contribution in [2.24, 2.45) is 5.41 Å². The van der Waals surface area contributed by atoms with Gasteiger partial charge in [-0.3, -0.25) is 4.79 Å². The minimum absolute atomic E-state index is 0.167. The third kappa shape index (κ3) is 3.03. The van der Waals surface area contributed by atoms with Crippen molar-refractivity contribution in [1.29, 1.82) is 0 Å². The van der Waals surface area contributed by atoms with Crippen molar-refractivity contribution in [3.63, 3.8) is 0 Å². The average molecular weight is 302 g/mol. The molecule has 1 unspecified atom stereocenters. The summed E-state index contributed by atoms with van der Waals surface area (Å²) in [6.45, 7) is 3.04. The van der Waals surface area contributed by atoms with Crippen LogP contribution in [0.2, 0.25) is 0 Å². The molecule has 1 aromatic rings. The number of fused-ring (bicyclic) bond motifs is 1. The highest BCUT2D eigenvalue weighted by molar-refractivity contribution is 5.83. The van der Waals surface area contributed by atoms with Crippen LogP contribution in [-0.4, -0.2) is 39.3 Å². The highest BCUT2D eigenvalue weighted by atomic mass is 16.5. The molecule has 0 bridgehead atoms. The monoisotopic (exact) mass is 302 g/mol. The fourth-order valence-electron chi connectivity index (χ4n) is 3.88. The van der Waals surface area contributed by atoms with Gasteiger partial charge in [-0.2, -0.15) is 0 Å². The fourth-order valence-corrected chi connectivity index (χ4v) is 3.88. The van der Waals surface area contributed by atoms with Gasteiger partial charge in [-0.1, -0.05) is 24.3 Å². The van der Waals surface area contributed by atoms with Crippen LogP contribution < -0.4 is 10.6 Å². The van der Waals surface area contributed by atoms with E-state index in [0.717, 1.165) is 45.3 Å². The molecule has 1 fully saturated rings. The van der Waals surface area contributed by atoms with Crippen LogP contribution in [0.4, 0.5) is 0 Å². The van der Waals surface area contributed by atoms with E-state index in [1.165, 1.54) is 11.1 Å². The second kappa shape index (κ2) is 6.80. The number of hydrogen-bond donors (Lipinski definition) is 2. The molecule has 0 aromatic heterocycles. The van der Waals surface area contributed by atoms with Crippen LogP contribution in [0.1, 0.15) is 36.3 Å². The van der Waals surface area contributed by atoms with Crippen LogP contribution >= 0.6 is 0 Å². The third-order valence-corrected chi connectivity index (χ3v) is 5.23. The van der Waals surface area contributed by atoms with Gasteiger partial charge in [0, 0.05) is 19.6 Å². The lowest BCUT2D eigenvalue weighted by molar-refractivity contribution is -0.136. The zero-order valence-corrected chi connectivity index (χ0v) is 13.4. The maximum absolute atomic E-state index is 12.8. The highest BCUT2D eigenvalue weighted by Gasteiger charge is 2.39. The molecule has 22 heavy (non-hydrogen) atoms. The van der Waals surface area contributed by atoms with Crippen LogP contribution in [0, 0.1) is 5.41 Å². The number of carbonyl (C=O) groups is 1. The van der Waals surface area contributed by atoms with Gasteiger partial charge in [0.1, 0.15) is 0 Å². The molecule has 1 saturated heterocycles. The standard InChI is InChI=1S/C18H26N2O2/c1-22-13-18(8-10-19-11-9-18)17(21)20-12-15-7-6-14-4-2-3-5-16(14)15/h2-5,15,19H,6-13H2,1H3,(H,20,21). The van der Waals surface area contributed by atoms with Gasteiger partial charge in [-0.15, -0.1) is 0 Å². The van der Waals surface area contributed by atoms with Gasteiger partial charge in [0.2, 0.25) is 5.91 Å². The minimum Gasteiger partial charge on any atom is -0.384 e. The number of methoxy groups -OCH3 is 1.